The number of hydrogen-bond donors (Lipinski definition) is 3. The summed E-state index contributed by atoms with van der Waals surface area (Å²) in [6.45, 7) is 7.75. The van der Waals surface area contributed by atoms with Gasteiger partial charge in [-0.3, -0.25) is 24.4 Å². The topological polar surface area (TPSA) is 140 Å². The first-order chi connectivity index (χ1) is 20.9. The van der Waals surface area contributed by atoms with Crippen LogP contribution in [0.25, 0.3) is 0 Å². The summed E-state index contributed by atoms with van der Waals surface area (Å²) in [6, 6.07) is 6.38. The van der Waals surface area contributed by atoms with Gasteiger partial charge in [0.2, 0.25) is 18.2 Å². The van der Waals surface area contributed by atoms with Crippen LogP contribution in [0.3, 0.4) is 0 Å². The van der Waals surface area contributed by atoms with E-state index in [1.54, 1.807) is 34.1 Å². The fraction of sp³-hybridized carbons (Fsp3) is 0.697. The number of hydrogen-bond acceptors (Lipinski definition) is 7. The van der Waals surface area contributed by atoms with E-state index in [1.165, 1.54) is 0 Å². The first-order valence-corrected chi connectivity index (χ1v) is 16.2. The summed E-state index contributed by atoms with van der Waals surface area (Å²) in [6.07, 6.45) is 7.23. The van der Waals surface area contributed by atoms with Crippen molar-refractivity contribution in [3.05, 3.63) is 29.8 Å². The number of aliphatic hydroxyl groups is 1. The second-order valence-corrected chi connectivity index (χ2v) is 13.8. The van der Waals surface area contributed by atoms with Crippen molar-refractivity contribution in [2.45, 2.75) is 96.8 Å². The third-order valence-electron chi connectivity index (χ3n) is 9.30. The van der Waals surface area contributed by atoms with Crippen LogP contribution in [0.2, 0.25) is 0 Å². The highest BCUT2D eigenvalue weighted by molar-refractivity contribution is 5.94. The van der Waals surface area contributed by atoms with Crippen LogP contribution in [0.1, 0.15) is 88.9 Å². The van der Waals surface area contributed by atoms with Gasteiger partial charge >= 0.3 is 0 Å². The third kappa shape index (κ3) is 9.17. The molecule has 0 aromatic heterocycles. The van der Waals surface area contributed by atoms with E-state index in [2.05, 4.69) is 5.32 Å². The molecule has 3 aliphatic rings. The molecule has 0 radical (unpaired) electrons. The zero-order valence-corrected chi connectivity index (χ0v) is 26.5. The van der Waals surface area contributed by atoms with Crippen LogP contribution in [-0.4, -0.2) is 100 Å². The van der Waals surface area contributed by atoms with Crippen molar-refractivity contribution in [3.63, 3.8) is 0 Å². The molecule has 1 unspecified atom stereocenters. The van der Waals surface area contributed by atoms with Gasteiger partial charge < -0.3 is 25.0 Å². The normalized spacial score (nSPS) is 20.2. The van der Waals surface area contributed by atoms with Gasteiger partial charge in [0.25, 0.3) is 5.91 Å². The minimum atomic E-state index is -0.754. The number of ether oxygens (including phenoxy) is 1. The Labute approximate surface area is 260 Å². The number of benzene rings is 1. The number of nitrogens with zero attached hydrogens (tertiary/aromatic N) is 3. The standard InChI is InChI=1S/C33H50N4O7/c1-33(2,3)29(34-30(40)25(21-37(43)22-38)20-23-6-4-5-7-23)32(42)36-18-14-28(15-19-36)44-27-10-8-24(9-11-27)31(41)35-16-12-26(39)13-17-35/h8-11,22-23,25-26,28-29,39,43H,4-7,12-21H2,1-3H3,(H,34,40)/t25?,29-/m1/s1. The zero-order valence-electron chi connectivity index (χ0n) is 26.5. The van der Waals surface area contributed by atoms with Gasteiger partial charge in [0.15, 0.2) is 0 Å². The lowest BCUT2D eigenvalue weighted by atomic mass is 9.84. The SMILES string of the molecule is CC(C)(C)[C@H](NC(=O)C(CC1CCCC1)CN(O)C=O)C(=O)N1CCC(Oc2ccc(C(=O)N3CCC(O)CC3)cc2)CC1. The van der Waals surface area contributed by atoms with Crippen LogP contribution >= 0.6 is 0 Å². The van der Waals surface area contributed by atoms with Crippen molar-refractivity contribution >= 4 is 24.1 Å². The Morgan fingerprint density at radius 1 is 0.977 bits per heavy atom. The van der Waals surface area contributed by atoms with E-state index in [4.69, 9.17) is 4.74 Å². The summed E-state index contributed by atoms with van der Waals surface area (Å²) in [5.41, 5.74) is 0.0436. The van der Waals surface area contributed by atoms with E-state index in [1.807, 2.05) is 20.8 Å². The lowest BCUT2D eigenvalue weighted by molar-refractivity contribution is -0.156. The molecule has 244 valence electrons. The summed E-state index contributed by atoms with van der Waals surface area (Å²) in [4.78, 5) is 54.6. The highest BCUT2D eigenvalue weighted by Crippen LogP contribution is 2.31. The first-order valence-electron chi connectivity index (χ1n) is 16.2. The molecule has 11 nitrogen and oxygen atoms in total. The minimum absolute atomic E-state index is 0.0435. The van der Waals surface area contributed by atoms with Gasteiger partial charge in [-0.05, 0) is 54.9 Å². The Balaban J connectivity index is 1.30. The molecule has 4 amide bonds. The number of aliphatic hydroxyl groups excluding tert-OH is 1. The van der Waals surface area contributed by atoms with Gasteiger partial charge in [-0.15, -0.1) is 0 Å². The van der Waals surface area contributed by atoms with Gasteiger partial charge in [0, 0.05) is 44.6 Å². The molecule has 4 rings (SSSR count). The summed E-state index contributed by atoms with van der Waals surface area (Å²) in [5.74, 6) is -0.0633. The predicted octanol–water partition coefficient (Wildman–Crippen LogP) is 3.23. The Morgan fingerprint density at radius 2 is 1.57 bits per heavy atom. The monoisotopic (exact) mass is 614 g/mol. The molecule has 0 spiro atoms. The quantitative estimate of drug-likeness (QED) is 0.198. The van der Waals surface area contributed by atoms with E-state index in [0.29, 0.717) is 87.0 Å². The Kier molecular flexibility index (Phi) is 11.6. The number of piperidine rings is 2. The molecule has 1 aliphatic carbocycles. The number of carbonyl (C=O) groups excluding carboxylic acids is 4. The lowest BCUT2D eigenvalue weighted by Crippen LogP contribution is -2.58. The lowest BCUT2D eigenvalue weighted by Gasteiger charge is -2.39. The average Bonchev–Trinajstić information content (AvgIpc) is 3.52. The van der Waals surface area contributed by atoms with Crippen molar-refractivity contribution in [1.82, 2.24) is 20.2 Å². The molecule has 1 saturated carbocycles. The number of amides is 4. The summed E-state index contributed by atoms with van der Waals surface area (Å²) in [7, 11) is 0. The molecule has 1 aromatic carbocycles. The molecular weight excluding hydrogens is 564 g/mol. The van der Waals surface area contributed by atoms with Gasteiger partial charge in [0.05, 0.1) is 18.6 Å². The van der Waals surface area contributed by atoms with Crippen LogP contribution in [0, 0.1) is 17.3 Å². The molecule has 2 heterocycles. The molecule has 11 heteroatoms. The molecule has 2 aliphatic heterocycles. The number of hydroxylamine groups is 2. The Morgan fingerprint density at radius 3 is 2.14 bits per heavy atom. The van der Waals surface area contributed by atoms with Gasteiger partial charge in [-0.1, -0.05) is 46.5 Å². The van der Waals surface area contributed by atoms with E-state index in [9.17, 15) is 29.5 Å². The summed E-state index contributed by atoms with van der Waals surface area (Å²) in [5, 5.41) is 23.1. The Hall–Kier alpha value is -3.18. The maximum atomic E-state index is 13.7. The van der Waals surface area contributed by atoms with Crippen molar-refractivity contribution in [1.29, 1.82) is 0 Å². The van der Waals surface area contributed by atoms with Crippen LogP contribution in [0.4, 0.5) is 0 Å². The van der Waals surface area contributed by atoms with Crippen molar-refractivity contribution in [2.24, 2.45) is 17.3 Å². The third-order valence-corrected chi connectivity index (χ3v) is 9.30. The molecular formula is C33H50N4O7. The van der Waals surface area contributed by atoms with Gasteiger partial charge in [-0.25, -0.2) is 5.06 Å². The van der Waals surface area contributed by atoms with Gasteiger partial charge in [0.1, 0.15) is 17.9 Å². The van der Waals surface area contributed by atoms with E-state index in [0.717, 1.165) is 25.7 Å². The Bertz CT molecular complexity index is 1120. The number of carbonyl (C=O) groups is 4. The van der Waals surface area contributed by atoms with Crippen LogP contribution in [0.5, 0.6) is 5.75 Å². The van der Waals surface area contributed by atoms with Gasteiger partial charge in [-0.2, -0.15) is 0 Å². The van der Waals surface area contributed by atoms with E-state index < -0.39 is 17.4 Å². The molecule has 3 fully saturated rings. The van der Waals surface area contributed by atoms with E-state index >= 15 is 0 Å². The number of rotatable bonds is 11. The molecule has 2 saturated heterocycles. The maximum Gasteiger partial charge on any atom is 0.253 e. The molecule has 2 atom stereocenters. The van der Waals surface area contributed by atoms with Crippen molar-refractivity contribution < 1.29 is 34.2 Å². The molecule has 44 heavy (non-hydrogen) atoms. The average molecular weight is 615 g/mol. The largest absolute Gasteiger partial charge is 0.490 e. The van der Waals surface area contributed by atoms with Crippen molar-refractivity contribution in [2.75, 3.05) is 32.7 Å². The van der Waals surface area contributed by atoms with Crippen LogP contribution < -0.4 is 10.1 Å². The summed E-state index contributed by atoms with van der Waals surface area (Å²) >= 11 is 0. The predicted molar refractivity (Wildman–Crippen MR) is 164 cm³/mol. The highest BCUT2D eigenvalue weighted by Gasteiger charge is 2.39. The molecule has 3 N–H and O–H groups in total. The minimum Gasteiger partial charge on any atom is -0.490 e. The summed E-state index contributed by atoms with van der Waals surface area (Å²) < 4.78 is 6.19. The van der Waals surface area contributed by atoms with Crippen molar-refractivity contribution in [3.8, 4) is 5.75 Å². The fourth-order valence-electron chi connectivity index (χ4n) is 6.59. The number of nitrogens with one attached hydrogen (secondary N) is 1. The molecule has 0 bridgehead atoms. The van der Waals surface area contributed by atoms with E-state index in [-0.39, 0.29) is 36.5 Å². The van der Waals surface area contributed by atoms with Crippen LogP contribution in [-0.2, 0) is 14.4 Å². The van der Waals surface area contributed by atoms with Crippen LogP contribution in [0.15, 0.2) is 24.3 Å². The zero-order chi connectivity index (χ0) is 31.9. The highest BCUT2D eigenvalue weighted by atomic mass is 16.5. The first kappa shape index (κ1) is 33.7. The molecule has 1 aromatic rings. The maximum absolute atomic E-state index is 13.7. The number of likely N-dealkylation sites (tertiary alicyclic amines) is 2. The second-order valence-electron chi connectivity index (χ2n) is 13.8. The fourth-order valence-corrected chi connectivity index (χ4v) is 6.59. The smallest absolute Gasteiger partial charge is 0.253 e. The second kappa shape index (κ2) is 15.2.